The zero-order valence-electron chi connectivity index (χ0n) is 10.1. The van der Waals surface area contributed by atoms with Crippen molar-refractivity contribution in [2.45, 2.75) is 26.7 Å². The first-order valence-electron chi connectivity index (χ1n) is 5.43. The van der Waals surface area contributed by atoms with Crippen LogP contribution in [-0.2, 0) is 9.47 Å². The molecule has 0 heterocycles. The first-order valence-corrected chi connectivity index (χ1v) is 5.43. The minimum absolute atomic E-state index is 0.294. The molecule has 0 fully saturated rings. The summed E-state index contributed by atoms with van der Waals surface area (Å²) in [5.74, 6) is 0. The fourth-order valence-electron chi connectivity index (χ4n) is 1.59. The maximum atomic E-state index is 5.27. The van der Waals surface area contributed by atoms with Gasteiger partial charge in [0.1, 0.15) is 0 Å². The van der Waals surface area contributed by atoms with Gasteiger partial charge in [-0.1, -0.05) is 13.8 Å². The van der Waals surface area contributed by atoms with Gasteiger partial charge in [-0.15, -0.1) is 0 Å². The smallest absolute Gasteiger partial charge is 0.0587 e. The molecule has 0 unspecified atom stereocenters. The summed E-state index contributed by atoms with van der Waals surface area (Å²) in [6, 6.07) is 0. The van der Waals surface area contributed by atoms with Crippen molar-refractivity contribution in [3.8, 4) is 0 Å². The normalized spacial score (nSPS) is 12.0. The third kappa shape index (κ3) is 4.94. The molecule has 0 aromatic heterocycles. The van der Waals surface area contributed by atoms with Crippen LogP contribution in [0.5, 0.6) is 0 Å². The van der Waals surface area contributed by atoms with Crippen LogP contribution < -0.4 is 5.32 Å². The Kier molecular flexibility index (Phi) is 8.14. The first kappa shape index (κ1) is 13.9. The van der Waals surface area contributed by atoms with Crippen molar-refractivity contribution in [3.05, 3.63) is 0 Å². The molecule has 0 radical (unpaired) electrons. The van der Waals surface area contributed by atoms with E-state index in [1.807, 2.05) is 0 Å². The van der Waals surface area contributed by atoms with Gasteiger partial charge in [0, 0.05) is 32.7 Å². The van der Waals surface area contributed by atoms with E-state index in [-0.39, 0.29) is 0 Å². The molecule has 1 N–H and O–H groups in total. The molecule has 0 aromatic carbocycles. The molecule has 0 saturated heterocycles. The van der Waals surface area contributed by atoms with Crippen LogP contribution in [0.4, 0.5) is 0 Å². The summed E-state index contributed by atoms with van der Waals surface area (Å²) in [6.45, 7) is 7.98. The summed E-state index contributed by atoms with van der Waals surface area (Å²) >= 11 is 0. The third-order valence-corrected chi connectivity index (χ3v) is 2.93. The third-order valence-electron chi connectivity index (χ3n) is 2.93. The van der Waals surface area contributed by atoms with E-state index in [4.69, 9.17) is 9.47 Å². The average molecular weight is 203 g/mol. The lowest BCUT2D eigenvalue weighted by atomic mass is 9.83. The molecule has 0 aliphatic rings. The van der Waals surface area contributed by atoms with E-state index < -0.39 is 0 Å². The van der Waals surface area contributed by atoms with Crippen LogP contribution in [-0.4, -0.2) is 40.5 Å². The summed E-state index contributed by atoms with van der Waals surface area (Å²) in [6.07, 6.45) is 2.30. The molecule has 0 aliphatic carbocycles. The standard InChI is InChI=1S/C11H25NO2/c1-5-11(6-2,10-14-4)9-12-7-8-13-3/h12H,5-10H2,1-4H3. The second-order valence-corrected chi connectivity index (χ2v) is 3.81. The Balaban J connectivity index is 3.82. The van der Waals surface area contributed by atoms with Crippen molar-refractivity contribution in [2.24, 2.45) is 5.41 Å². The van der Waals surface area contributed by atoms with Gasteiger partial charge in [-0.3, -0.25) is 0 Å². The van der Waals surface area contributed by atoms with Crippen LogP contribution in [0.25, 0.3) is 0 Å². The van der Waals surface area contributed by atoms with Gasteiger partial charge in [0.05, 0.1) is 13.2 Å². The Morgan fingerprint density at radius 3 is 2.14 bits per heavy atom. The lowest BCUT2D eigenvalue weighted by molar-refractivity contribution is 0.0699. The minimum atomic E-state index is 0.294. The maximum absolute atomic E-state index is 5.27. The fraction of sp³-hybridized carbons (Fsp3) is 1.00. The predicted octanol–water partition coefficient (Wildman–Crippen LogP) is 1.68. The fourth-order valence-corrected chi connectivity index (χ4v) is 1.59. The van der Waals surface area contributed by atoms with Crippen molar-refractivity contribution in [3.63, 3.8) is 0 Å². The van der Waals surface area contributed by atoms with Crippen LogP contribution in [0.1, 0.15) is 26.7 Å². The highest BCUT2D eigenvalue weighted by atomic mass is 16.5. The highest BCUT2D eigenvalue weighted by molar-refractivity contribution is 4.78. The van der Waals surface area contributed by atoms with Crippen LogP contribution in [0.2, 0.25) is 0 Å². The van der Waals surface area contributed by atoms with E-state index in [9.17, 15) is 0 Å². The van der Waals surface area contributed by atoms with Gasteiger partial charge in [-0.2, -0.15) is 0 Å². The number of hydrogen-bond acceptors (Lipinski definition) is 3. The van der Waals surface area contributed by atoms with Gasteiger partial charge in [0.15, 0.2) is 0 Å². The van der Waals surface area contributed by atoms with Crippen LogP contribution in [0, 0.1) is 5.41 Å². The van der Waals surface area contributed by atoms with Crippen molar-refractivity contribution >= 4 is 0 Å². The second kappa shape index (κ2) is 8.21. The Morgan fingerprint density at radius 2 is 1.71 bits per heavy atom. The van der Waals surface area contributed by atoms with Gasteiger partial charge in [0.2, 0.25) is 0 Å². The molecule has 86 valence electrons. The highest BCUT2D eigenvalue weighted by Crippen LogP contribution is 2.25. The molecule has 14 heavy (non-hydrogen) atoms. The van der Waals surface area contributed by atoms with Gasteiger partial charge in [-0.25, -0.2) is 0 Å². The summed E-state index contributed by atoms with van der Waals surface area (Å²) in [4.78, 5) is 0. The molecule has 0 saturated carbocycles. The largest absolute Gasteiger partial charge is 0.384 e. The number of rotatable bonds is 9. The van der Waals surface area contributed by atoms with Gasteiger partial charge >= 0.3 is 0 Å². The summed E-state index contributed by atoms with van der Waals surface area (Å²) < 4.78 is 10.3. The molecule has 0 spiro atoms. The maximum Gasteiger partial charge on any atom is 0.0587 e. The zero-order valence-corrected chi connectivity index (χ0v) is 10.1. The van der Waals surface area contributed by atoms with E-state index >= 15 is 0 Å². The molecule has 3 heteroatoms. The minimum Gasteiger partial charge on any atom is -0.384 e. The lowest BCUT2D eigenvalue weighted by Gasteiger charge is -2.31. The number of ether oxygens (including phenoxy) is 2. The molecule has 3 nitrogen and oxygen atoms in total. The molecule has 0 bridgehead atoms. The average Bonchev–Trinajstić information content (AvgIpc) is 2.23. The number of methoxy groups -OCH3 is 2. The van der Waals surface area contributed by atoms with E-state index in [2.05, 4.69) is 19.2 Å². The van der Waals surface area contributed by atoms with Crippen molar-refractivity contribution in [2.75, 3.05) is 40.5 Å². The van der Waals surface area contributed by atoms with Gasteiger partial charge < -0.3 is 14.8 Å². The Hall–Kier alpha value is -0.120. The van der Waals surface area contributed by atoms with E-state index in [0.29, 0.717) is 5.41 Å². The van der Waals surface area contributed by atoms with Crippen molar-refractivity contribution in [1.82, 2.24) is 5.32 Å². The molecular formula is C11H25NO2. The van der Waals surface area contributed by atoms with E-state index in [1.165, 1.54) is 0 Å². The summed E-state index contributed by atoms with van der Waals surface area (Å²) in [5, 5.41) is 3.41. The van der Waals surface area contributed by atoms with E-state index in [1.54, 1.807) is 14.2 Å². The molecule has 0 atom stereocenters. The van der Waals surface area contributed by atoms with Crippen LogP contribution >= 0.6 is 0 Å². The Labute approximate surface area is 88.2 Å². The molecule has 0 aliphatic heterocycles. The Bertz CT molecular complexity index is 124. The number of nitrogens with one attached hydrogen (secondary N) is 1. The molecule has 0 amide bonds. The quantitative estimate of drug-likeness (QED) is 0.578. The Morgan fingerprint density at radius 1 is 1.07 bits per heavy atom. The SMILES string of the molecule is CCC(CC)(CNCCOC)COC. The first-order chi connectivity index (χ1) is 6.74. The highest BCUT2D eigenvalue weighted by Gasteiger charge is 2.25. The van der Waals surface area contributed by atoms with Gasteiger partial charge in [-0.05, 0) is 12.8 Å². The zero-order chi connectivity index (χ0) is 10.9. The summed E-state index contributed by atoms with van der Waals surface area (Å²) in [5.41, 5.74) is 0.294. The molecule has 0 rings (SSSR count). The second-order valence-electron chi connectivity index (χ2n) is 3.81. The van der Waals surface area contributed by atoms with Crippen LogP contribution in [0.3, 0.4) is 0 Å². The summed E-state index contributed by atoms with van der Waals surface area (Å²) in [7, 11) is 3.50. The van der Waals surface area contributed by atoms with Crippen molar-refractivity contribution in [1.29, 1.82) is 0 Å². The molecule has 0 aromatic rings. The van der Waals surface area contributed by atoms with E-state index in [0.717, 1.165) is 39.1 Å². The lowest BCUT2D eigenvalue weighted by Crippen LogP contribution is -2.38. The van der Waals surface area contributed by atoms with Crippen LogP contribution in [0.15, 0.2) is 0 Å². The monoisotopic (exact) mass is 203 g/mol. The topological polar surface area (TPSA) is 30.5 Å². The number of hydrogen-bond donors (Lipinski definition) is 1. The van der Waals surface area contributed by atoms with Gasteiger partial charge in [0.25, 0.3) is 0 Å². The predicted molar refractivity (Wildman–Crippen MR) is 59.6 cm³/mol. The molecular weight excluding hydrogens is 178 g/mol. The van der Waals surface area contributed by atoms with Crippen molar-refractivity contribution < 1.29 is 9.47 Å².